The first kappa shape index (κ1) is 22.2. The summed E-state index contributed by atoms with van der Waals surface area (Å²) in [5, 5.41) is 28.7. The molecule has 180 valence electrons. The minimum atomic E-state index is -0.441. The molecule has 36 heavy (non-hydrogen) atoms. The number of halogens is 1. The van der Waals surface area contributed by atoms with Crippen molar-refractivity contribution in [2.45, 2.75) is 18.8 Å². The molecule has 0 bridgehead atoms. The maximum atomic E-state index is 12.8. The monoisotopic (exact) mass is 500 g/mol. The second-order valence-electron chi connectivity index (χ2n) is 8.88. The number of phenols is 1. The molecular weight excluding hydrogens is 480 g/mol. The van der Waals surface area contributed by atoms with Crippen LogP contribution in [-0.4, -0.2) is 28.4 Å². The molecule has 3 aromatic carbocycles. The predicted octanol–water partition coefficient (Wildman–Crippen LogP) is 6.63. The summed E-state index contributed by atoms with van der Waals surface area (Å²) in [6, 6.07) is 18.0. The van der Waals surface area contributed by atoms with Gasteiger partial charge in [0.2, 0.25) is 5.76 Å². The molecule has 4 aromatic rings. The Kier molecular flexibility index (Phi) is 5.23. The van der Waals surface area contributed by atoms with Gasteiger partial charge in [0, 0.05) is 28.7 Å². The van der Waals surface area contributed by atoms with Crippen LogP contribution >= 0.6 is 11.6 Å². The zero-order valence-electron chi connectivity index (χ0n) is 19.2. The number of benzene rings is 3. The van der Waals surface area contributed by atoms with Gasteiger partial charge in [0.15, 0.2) is 17.3 Å². The van der Waals surface area contributed by atoms with Gasteiger partial charge < -0.3 is 24.8 Å². The summed E-state index contributed by atoms with van der Waals surface area (Å²) >= 11 is 6.59. The maximum absolute atomic E-state index is 12.8. The predicted molar refractivity (Wildman–Crippen MR) is 137 cm³/mol. The van der Waals surface area contributed by atoms with Gasteiger partial charge in [-0.15, -0.1) is 0 Å². The Hall–Kier alpha value is -4.23. The van der Waals surface area contributed by atoms with Crippen LogP contribution in [0.4, 0.5) is 5.69 Å². The number of fused-ring (bicyclic) bond motifs is 1. The van der Waals surface area contributed by atoms with Crippen molar-refractivity contribution in [2.24, 2.45) is 0 Å². The number of nitrogens with zero attached hydrogens (tertiary/aromatic N) is 1. The number of carbonyl (C=O) groups excluding carboxylic acids is 1. The zero-order chi connectivity index (χ0) is 25.0. The number of para-hydroxylation sites is 1. The van der Waals surface area contributed by atoms with E-state index in [-0.39, 0.29) is 22.8 Å². The summed E-state index contributed by atoms with van der Waals surface area (Å²) in [7, 11) is 1.51. The topological polar surface area (TPSA) is 105 Å². The van der Waals surface area contributed by atoms with Crippen molar-refractivity contribution >= 4 is 34.5 Å². The molecule has 0 radical (unpaired) electrons. The van der Waals surface area contributed by atoms with E-state index in [0.29, 0.717) is 39.1 Å². The standard InChI is InChI=1S/C28H21ClN2O5/c1-35-23-4-2-3-17(26(23)32)14-5-7-15(8-6-14)18-11-19-22(12-20(18)29)30-28(34)25(19)27(33)24-13-21(31-36-24)16-9-10-16/h2-8,11-13,16,32-33H,9-10H2,1H3,(H,30,34)/b27-25-. The molecule has 3 N–H and O–H groups in total. The van der Waals surface area contributed by atoms with E-state index in [2.05, 4.69) is 10.5 Å². The Balaban J connectivity index is 1.39. The van der Waals surface area contributed by atoms with Crippen LogP contribution < -0.4 is 10.1 Å². The number of amides is 1. The first-order valence-corrected chi connectivity index (χ1v) is 11.8. The minimum Gasteiger partial charge on any atom is -0.504 e. The molecule has 1 saturated carbocycles. The number of nitrogens with one attached hydrogen (secondary N) is 1. The number of aromatic hydroxyl groups is 1. The van der Waals surface area contributed by atoms with Crippen LogP contribution in [0.5, 0.6) is 11.5 Å². The third-order valence-electron chi connectivity index (χ3n) is 6.57. The number of methoxy groups -OCH3 is 1. The van der Waals surface area contributed by atoms with Gasteiger partial charge in [-0.25, -0.2) is 0 Å². The van der Waals surface area contributed by atoms with E-state index in [1.165, 1.54) is 7.11 Å². The lowest BCUT2D eigenvalue weighted by molar-refractivity contribution is -0.110. The Labute approximate surface area is 211 Å². The Bertz CT molecular complexity index is 1550. The number of aromatic nitrogens is 1. The number of ether oxygens (including phenoxy) is 1. The summed E-state index contributed by atoms with van der Waals surface area (Å²) in [5.74, 6) is 0.277. The van der Waals surface area contributed by atoms with Crippen LogP contribution in [0.1, 0.15) is 35.8 Å². The molecule has 0 saturated heterocycles. The van der Waals surface area contributed by atoms with E-state index < -0.39 is 5.91 Å². The third-order valence-corrected chi connectivity index (χ3v) is 6.88. The third kappa shape index (κ3) is 3.69. The average Bonchev–Trinajstić information content (AvgIpc) is 3.52. The number of aliphatic hydroxyl groups is 1. The summed E-state index contributed by atoms with van der Waals surface area (Å²) in [5.41, 5.74) is 4.88. The molecular formula is C28H21ClN2O5. The molecule has 1 aliphatic heterocycles. The van der Waals surface area contributed by atoms with E-state index in [4.69, 9.17) is 20.9 Å². The summed E-state index contributed by atoms with van der Waals surface area (Å²) < 4.78 is 10.5. The average molecular weight is 501 g/mol. The van der Waals surface area contributed by atoms with E-state index in [0.717, 1.165) is 29.7 Å². The lowest BCUT2D eigenvalue weighted by atomic mass is 9.96. The van der Waals surface area contributed by atoms with E-state index in [1.807, 2.05) is 36.4 Å². The van der Waals surface area contributed by atoms with Crippen molar-refractivity contribution in [3.63, 3.8) is 0 Å². The normalized spacial score (nSPS) is 16.0. The van der Waals surface area contributed by atoms with Crippen LogP contribution in [0.25, 0.3) is 33.6 Å². The highest BCUT2D eigenvalue weighted by Gasteiger charge is 2.33. The number of carbonyl (C=O) groups is 1. The number of phenolic OH excluding ortho intramolecular Hbond substituents is 1. The van der Waals surface area contributed by atoms with Crippen LogP contribution in [0.15, 0.2) is 65.2 Å². The van der Waals surface area contributed by atoms with E-state index in [9.17, 15) is 15.0 Å². The fraction of sp³-hybridized carbons (Fsp3) is 0.143. The first-order valence-electron chi connectivity index (χ1n) is 11.5. The molecule has 2 heterocycles. The van der Waals surface area contributed by atoms with Crippen LogP contribution in [0.3, 0.4) is 0 Å². The van der Waals surface area contributed by atoms with Gasteiger partial charge in [0.1, 0.15) is 0 Å². The quantitative estimate of drug-likeness (QED) is 0.210. The largest absolute Gasteiger partial charge is 0.504 e. The van der Waals surface area contributed by atoms with Crippen molar-refractivity contribution in [1.29, 1.82) is 0 Å². The zero-order valence-corrected chi connectivity index (χ0v) is 20.0. The molecule has 1 aliphatic carbocycles. The fourth-order valence-electron chi connectivity index (χ4n) is 4.49. The van der Waals surface area contributed by atoms with Crippen LogP contribution in [0, 0.1) is 0 Å². The molecule has 6 rings (SSSR count). The fourth-order valence-corrected chi connectivity index (χ4v) is 4.76. The van der Waals surface area contributed by atoms with Crippen molar-refractivity contribution in [2.75, 3.05) is 12.4 Å². The van der Waals surface area contributed by atoms with Gasteiger partial charge in [-0.2, -0.15) is 0 Å². The van der Waals surface area contributed by atoms with E-state index in [1.54, 1.807) is 24.3 Å². The number of hydrogen-bond donors (Lipinski definition) is 3. The minimum absolute atomic E-state index is 0.0652. The Morgan fingerprint density at radius 2 is 1.78 bits per heavy atom. The van der Waals surface area contributed by atoms with Gasteiger partial charge in [-0.1, -0.05) is 53.2 Å². The van der Waals surface area contributed by atoms with Crippen molar-refractivity contribution in [1.82, 2.24) is 5.16 Å². The molecule has 1 amide bonds. The molecule has 7 nitrogen and oxygen atoms in total. The molecule has 1 aromatic heterocycles. The summed E-state index contributed by atoms with van der Waals surface area (Å²) in [6.45, 7) is 0. The van der Waals surface area contributed by atoms with Gasteiger partial charge in [-0.05, 0) is 42.2 Å². The Morgan fingerprint density at radius 1 is 1.06 bits per heavy atom. The summed E-state index contributed by atoms with van der Waals surface area (Å²) in [6.07, 6.45) is 2.09. The van der Waals surface area contributed by atoms with Crippen molar-refractivity contribution in [3.05, 3.63) is 82.7 Å². The SMILES string of the molecule is COc1cccc(-c2ccc(-c3cc4c(cc3Cl)NC(=O)/C4=C(\O)c3cc(C4CC4)no3)cc2)c1O. The molecule has 1 fully saturated rings. The van der Waals surface area contributed by atoms with Gasteiger partial charge >= 0.3 is 0 Å². The van der Waals surface area contributed by atoms with Crippen molar-refractivity contribution in [3.8, 4) is 33.8 Å². The highest BCUT2D eigenvalue weighted by molar-refractivity contribution is 6.38. The van der Waals surface area contributed by atoms with E-state index >= 15 is 0 Å². The number of rotatable bonds is 5. The van der Waals surface area contributed by atoms with Crippen LogP contribution in [-0.2, 0) is 4.79 Å². The second kappa shape index (κ2) is 8.46. The smallest absolute Gasteiger partial charge is 0.260 e. The van der Waals surface area contributed by atoms with Gasteiger partial charge in [-0.3, -0.25) is 4.79 Å². The number of hydrogen-bond acceptors (Lipinski definition) is 6. The number of aliphatic hydroxyl groups excluding tert-OH is 1. The summed E-state index contributed by atoms with van der Waals surface area (Å²) in [4.78, 5) is 12.8. The highest BCUT2D eigenvalue weighted by Crippen LogP contribution is 2.44. The molecule has 0 spiro atoms. The lowest BCUT2D eigenvalue weighted by Gasteiger charge is -2.11. The molecule has 0 atom stereocenters. The Morgan fingerprint density at radius 3 is 2.47 bits per heavy atom. The molecule has 2 aliphatic rings. The van der Waals surface area contributed by atoms with Gasteiger partial charge in [0.25, 0.3) is 5.91 Å². The lowest BCUT2D eigenvalue weighted by Crippen LogP contribution is -2.05. The van der Waals surface area contributed by atoms with Gasteiger partial charge in [0.05, 0.1) is 29.1 Å². The number of anilines is 1. The van der Waals surface area contributed by atoms with Crippen LogP contribution in [0.2, 0.25) is 5.02 Å². The van der Waals surface area contributed by atoms with Crippen molar-refractivity contribution < 1.29 is 24.3 Å². The molecule has 8 heteroatoms. The molecule has 0 unspecified atom stereocenters. The maximum Gasteiger partial charge on any atom is 0.260 e. The second-order valence-corrected chi connectivity index (χ2v) is 9.29. The first-order chi connectivity index (χ1) is 17.4. The highest BCUT2D eigenvalue weighted by atomic mass is 35.5.